The van der Waals surface area contributed by atoms with E-state index in [1.807, 2.05) is 18.2 Å². The Morgan fingerprint density at radius 3 is 2.46 bits per heavy atom. The van der Waals surface area contributed by atoms with E-state index >= 15 is 0 Å². The first-order chi connectivity index (χ1) is 11.2. The lowest BCUT2D eigenvalue weighted by molar-refractivity contribution is 0.197. The Kier molecular flexibility index (Phi) is 13.4. The summed E-state index contributed by atoms with van der Waals surface area (Å²) in [6.45, 7) is 5.17. The maximum absolute atomic E-state index is 5.33. The van der Waals surface area contributed by atoms with Crippen molar-refractivity contribution in [3.63, 3.8) is 0 Å². The number of ether oxygens (including phenoxy) is 3. The molecule has 0 saturated carbocycles. The van der Waals surface area contributed by atoms with Crippen LogP contribution >= 0.6 is 24.0 Å². The fourth-order valence-electron chi connectivity index (χ4n) is 2.10. The highest BCUT2D eigenvalue weighted by Crippen LogP contribution is 2.27. The zero-order valence-electron chi connectivity index (χ0n) is 15.1. The summed E-state index contributed by atoms with van der Waals surface area (Å²) in [4.78, 5) is 4.51. The average molecular weight is 451 g/mol. The number of guanidine groups is 1. The maximum Gasteiger partial charge on any atom is 0.191 e. The molecule has 138 valence electrons. The summed E-state index contributed by atoms with van der Waals surface area (Å²) in [5.41, 5.74) is 1.19. The zero-order valence-corrected chi connectivity index (χ0v) is 17.4. The van der Waals surface area contributed by atoms with E-state index in [4.69, 9.17) is 14.2 Å². The molecule has 7 heteroatoms. The normalized spacial score (nSPS) is 10.8. The molecule has 0 aliphatic heterocycles. The van der Waals surface area contributed by atoms with Crippen LogP contribution in [0, 0.1) is 0 Å². The lowest BCUT2D eigenvalue weighted by Crippen LogP contribution is -2.38. The molecule has 0 spiro atoms. The molecule has 0 radical (unpaired) electrons. The van der Waals surface area contributed by atoms with Gasteiger partial charge in [-0.25, -0.2) is 0 Å². The van der Waals surface area contributed by atoms with Gasteiger partial charge in [0.1, 0.15) is 0 Å². The van der Waals surface area contributed by atoms with Gasteiger partial charge >= 0.3 is 0 Å². The monoisotopic (exact) mass is 451 g/mol. The quantitative estimate of drug-likeness (QED) is 0.248. The van der Waals surface area contributed by atoms with Gasteiger partial charge in [-0.3, -0.25) is 4.99 Å². The molecule has 0 unspecified atom stereocenters. The second-order valence-corrected chi connectivity index (χ2v) is 4.97. The number of hydrogen-bond acceptors (Lipinski definition) is 4. The summed E-state index contributed by atoms with van der Waals surface area (Å²) in [5, 5.41) is 6.58. The largest absolute Gasteiger partial charge is 0.493 e. The molecule has 2 N–H and O–H groups in total. The van der Waals surface area contributed by atoms with Crippen LogP contribution in [0.4, 0.5) is 0 Å². The van der Waals surface area contributed by atoms with Crippen LogP contribution < -0.4 is 20.1 Å². The van der Waals surface area contributed by atoms with E-state index in [9.17, 15) is 0 Å². The third kappa shape index (κ3) is 8.58. The van der Waals surface area contributed by atoms with E-state index in [0.29, 0.717) is 0 Å². The Morgan fingerprint density at radius 1 is 1.08 bits per heavy atom. The average Bonchev–Trinajstić information content (AvgIpc) is 2.58. The van der Waals surface area contributed by atoms with Gasteiger partial charge in [-0.1, -0.05) is 6.07 Å². The van der Waals surface area contributed by atoms with Crippen molar-refractivity contribution in [1.29, 1.82) is 0 Å². The van der Waals surface area contributed by atoms with Crippen molar-refractivity contribution in [3.05, 3.63) is 23.8 Å². The van der Waals surface area contributed by atoms with Crippen molar-refractivity contribution < 1.29 is 14.2 Å². The molecule has 0 aliphatic carbocycles. The van der Waals surface area contributed by atoms with Gasteiger partial charge in [0.05, 0.1) is 14.2 Å². The van der Waals surface area contributed by atoms with Gasteiger partial charge in [-0.2, -0.15) is 0 Å². The van der Waals surface area contributed by atoms with Gasteiger partial charge in [0, 0.05) is 33.4 Å². The zero-order chi connectivity index (χ0) is 16.9. The van der Waals surface area contributed by atoms with Gasteiger partial charge in [0.25, 0.3) is 0 Å². The molecule has 0 atom stereocenters. The fraction of sp³-hybridized carbons (Fsp3) is 0.588. The Labute approximate surface area is 162 Å². The molecule has 0 bridgehead atoms. The number of benzene rings is 1. The minimum Gasteiger partial charge on any atom is -0.493 e. The first-order valence-electron chi connectivity index (χ1n) is 7.97. The van der Waals surface area contributed by atoms with Crippen molar-refractivity contribution in [2.45, 2.75) is 19.8 Å². The summed E-state index contributed by atoms with van der Waals surface area (Å²) >= 11 is 0. The second-order valence-electron chi connectivity index (χ2n) is 4.97. The van der Waals surface area contributed by atoms with E-state index < -0.39 is 0 Å². The maximum atomic E-state index is 5.33. The Hall–Kier alpha value is -1.22. The number of nitrogens with one attached hydrogen (secondary N) is 2. The van der Waals surface area contributed by atoms with Crippen LogP contribution in [0.2, 0.25) is 0 Å². The number of rotatable bonds is 10. The first-order valence-corrected chi connectivity index (χ1v) is 7.97. The predicted molar refractivity (Wildman–Crippen MR) is 109 cm³/mol. The van der Waals surface area contributed by atoms with Gasteiger partial charge in [0.2, 0.25) is 0 Å². The van der Waals surface area contributed by atoms with Gasteiger partial charge < -0.3 is 24.8 Å². The summed E-state index contributed by atoms with van der Waals surface area (Å²) in [7, 11) is 4.99. The number of methoxy groups -OCH3 is 3. The Bertz CT molecular complexity index is 484. The third-order valence-corrected chi connectivity index (χ3v) is 3.27. The van der Waals surface area contributed by atoms with Gasteiger partial charge in [0.15, 0.2) is 17.5 Å². The summed E-state index contributed by atoms with van der Waals surface area (Å²) in [6, 6.07) is 5.98. The molecular formula is C17H30IN3O3. The Morgan fingerprint density at radius 2 is 1.83 bits per heavy atom. The number of hydrogen-bond donors (Lipinski definition) is 2. The van der Waals surface area contributed by atoms with E-state index in [1.54, 1.807) is 21.3 Å². The molecule has 6 nitrogen and oxygen atoms in total. The lowest BCUT2D eigenvalue weighted by atomic mass is 10.1. The van der Waals surface area contributed by atoms with E-state index in [0.717, 1.165) is 56.5 Å². The van der Waals surface area contributed by atoms with E-state index in [-0.39, 0.29) is 24.0 Å². The van der Waals surface area contributed by atoms with E-state index in [2.05, 4.69) is 22.5 Å². The van der Waals surface area contributed by atoms with Crippen LogP contribution in [0.5, 0.6) is 11.5 Å². The number of nitrogens with zero attached hydrogens (tertiary/aromatic N) is 1. The summed E-state index contributed by atoms with van der Waals surface area (Å²) in [6.07, 6.45) is 1.80. The van der Waals surface area contributed by atoms with Crippen molar-refractivity contribution in [3.8, 4) is 11.5 Å². The SMILES string of the molecule is CCNC(=NCCCOC)NCCc1ccc(OC)c(OC)c1.I. The van der Waals surface area contributed by atoms with Crippen LogP contribution in [-0.2, 0) is 11.2 Å². The first kappa shape index (κ1) is 22.8. The molecule has 0 aromatic heterocycles. The topological polar surface area (TPSA) is 64.1 Å². The molecule has 0 fully saturated rings. The molecule has 1 aromatic carbocycles. The molecule has 1 rings (SSSR count). The number of halogens is 1. The van der Waals surface area contributed by atoms with Crippen molar-refractivity contribution in [1.82, 2.24) is 10.6 Å². The van der Waals surface area contributed by atoms with Crippen LogP contribution in [0.25, 0.3) is 0 Å². The van der Waals surface area contributed by atoms with Gasteiger partial charge in [-0.15, -0.1) is 24.0 Å². The summed E-state index contributed by atoms with van der Waals surface area (Å²) < 4.78 is 15.6. The molecule has 24 heavy (non-hydrogen) atoms. The van der Waals surface area contributed by atoms with Crippen LogP contribution in [0.1, 0.15) is 18.9 Å². The van der Waals surface area contributed by atoms with Crippen LogP contribution in [0.3, 0.4) is 0 Å². The molecule has 0 heterocycles. The highest BCUT2D eigenvalue weighted by molar-refractivity contribution is 14.0. The smallest absolute Gasteiger partial charge is 0.191 e. The minimum absolute atomic E-state index is 0. The highest BCUT2D eigenvalue weighted by Gasteiger charge is 2.04. The van der Waals surface area contributed by atoms with Crippen molar-refractivity contribution in [2.24, 2.45) is 4.99 Å². The summed E-state index contributed by atoms with van der Waals surface area (Å²) in [5.74, 6) is 2.34. The second kappa shape index (κ2) is 14.2. The van der Waals surface area contributed by atoms with Crippen LogP contribution in [0.15, 0.2) is 23.2 Å². The fourth-order valence-corrected chi connectivity index (χ4v) is 2.10. The molecule has 0 amide bonds. The molecule has 1 aromatic rings. The van der Waals surface area contributed by atoms with Crippen molar-refractivity contribution >= 4 is 29.9 Å². The molecular weight excluding hydrogens is 421 g/mol. The van der Waals surface area contributed by atoms with Crippen molar-refractivity contribution in [2.75, 3.05) is 47.6 Å². The lowest BCUT2D eigenvalue weighted by Gasteiger charge is -2.12. The predicted octanol–water partition coefficient (Wildman–Crippen LogP) is 2.46. The molecule has 0 saturated heterocycles. The number of aliphatic imine (C=N–C) groups is 1. The van der Waals surface area contributed by atoms with Gasteiger partial charge in [-0.05, 0) is 37.5 Å². The Balaban J connectivity index is 0.00000529. The molecule has 0 aliphatic rings. The standard InChI is InChI=1S/C17H29N3O3.HI/c1-5-18-17(19-10-6-12-21-2)20-11-9-14-7-8-15(22-3)16(13-14)23-4;/h7-8,13H,5-6,9-12H2,1-4H3,(H2,18,19,20);1H. The minimum atomic E-state index is 0. The highest BCUT2D eigenvalue weighted by atomic mass is 127. The van der Waals surface area contributed by atoms with Crippen LogP contribution in [-0.4, -0.2) is 53.5 Å². The van der Waals surface area contributed by atoms with E-state index in [1.165, 1.54) is 5.56 Å². The third-order valence-electron chi connectivity index (χ3n) is 3.27.